The third-order valence-electron chi connectivity index (χ3n) is 5.93. The quantitative estimate of drug-likeness (QED) is 0.886. The number of carbonyl (C=O) groups excluding carboxylic acids is 1. The molecule has 2 atom stereocenters. The van der Waals surface area contributed by atoms with E-state index in [1.54, 1.807) is 14.0 Å². The first-order chi connectivity index (χ1) is 12.1. The van der Waals surface area contributed by atoms with Crippen LogP contribution in [-0.4, -0.2) is 60.7 Å². The topological polar surface area (TPSA) is 53.0 Å². The smallest absolute Gasteiger partial charge is 0.219 e. The predicted octanol–water partition coefficient (Wildman–Crippen LogP) is 1.99. The molecule has 0 spiro atoms. The largest absolute Gasteiger partial charge is 0.497 e. The van der Waals surface area contributed by atoms with Gasteiger partial charge < -0.3 is 14.7 Å². The number of aliphatic hydroxyl groups is 1. The predicted molar refractivity (Wildman–Crippen MR) is 97.3 cm³/mol. The van der Waals surface area contributed by atoms with Crippen LogP contribution in [0, 0.1) is 17.8 Å². The summed E-state index contributed by atoms with van der Waals surface area (Å²) in [4.78, 5) is 15.9. The molecular formula is C20H30N2O3. The number of hydrogen-bond donors (Lipinski definition) is 1. The van der Waals surface area contributed by atoms with Crippen molar-refractivity contribution in [1.82, 2.24) is 9.80 Å². The standard InChI is InChI=1S/C20H30N2O3/c1-15(24)22-8-6-17(7-9-22)20-13-21(12-18(20)14-23)11-16-4-3-5-19(10-16)25-2/h3-5,10,17-18,20,23H,6-9,11-14H2,1-2H3/t18-,20-/m0/s1. The monoisotopic (exact) mass is 346 g/mol. The minimum atomic E-state index is 0.184. The van der Waals surface area contributed by atoms with Crippen molar-refractivity contribution in [3.05, 3.63) is 29.8 Å². The minimum Gasteiger partial charge on any atom is -0.497 e. The number of hydrogen-bond acceptors (Lipinski definition) is 4. The first-order valence-corrected chi connectivity index (χ1v) is 9.32. The van der Waals surface area contributed by atoms with Gasteiger partial charge in [-0.3, -0.25) is 9.69 Å². The third-order valence-corrected chi connectivity index (χ3v) is 5.93. The van der Waals surface area contributed by atoms with Crippen LogP contribution in [0.1, 0.15) is 25.3 Å². The second-order valence-corrected chi connectivity index (χ2v) is 7.50. The summed E-state index contributed by atoms with van der Waals surface area (Å²) in [6, 6.07) is 8.22. The highest BCUT2D eigenvalue weighted by atomic mass is 16.5. The van der Waals surface area contributed by atoms with Gasteiger partial charge in [0.25, 0.3) is 0 Å². The van der Waals surface area contributed by atoms with Crippen LogP contribution in [0.2, 0.25) is 0 Å². The summed E-state index contributed by atoms with van der Waals surface area (Å²) < 4.78 is 5.32. The zero-order valence-corrected chi connectivity index (χ0v) is 15.4. The number of benzene rings is 1. The van der Waals surface area contributed by atoms with Gasteiger partial charge in [0.05, 0.1) is 7.11 Å². The number of rotatable bonds is 5. The SMILES string of the molecule is COc1cccc(CN2C[C@@H](CO)[C@H](C3CCN(C(C)=O)CC3)C2)c1. The molecule has 0 saturated carbocycles. The van der Waals surface area contributed by atoms with Crippen LogP contribution in [0.4, 0.5) is 0 Å². The molecule has 1 amide bonds. The maximum atomic E-state index is 11.5. The molecule has 2 saturated heterocycles. The molecule has 138 valence electrons. The number of piperidine rings is 1. The third kappa shape index (κ3) is 4.33. The van der Waals surface area contributed by atoms with E-state index in [9.17, 15) is 9.90 Å². The molecule has 0 aliphatic carbocycles. The molecule has 25 heavy (non-hydrogen) atoms. The first kappa shape index (κ1) is 18.2. The van der Waals surface area contributed by atoms with Crippen LogP contribution in [-0.2, 0) is 11.3 Å². The molecule has 0 unspecified atom stereocenters. The van der Waals surface area contributed by atoms with E-state index in [4.69, 9.17) is 4.74 Å². The molecule has 3 rings (SSSR count). The van der Waals surface area contributed by atoms with Crippen molar-refractivity contribution in [3.8, 4) is 5.75 Å². The second kappa shape index (κ2) is 8.19. The second-order valence-electron chi connectivity index (χ2n) is 7.50. The lowest BCUT2D eigenvalue weighted by molar-refractivity contribution is -0.130. The molecule has 2 aliphatic heterocycles. The normalized spacial score (nSPS) is 25.3. The Hall–Kier alpha value is -1.59. The molecule has 0 bridgehead atoms. The summed E-state index contributed by atoms with van der Waals surface area (Å²) >= 11 is 0. The Morgan fingerprint density at radius 3 is 2.68 bits per heavy atom. The summed E-state index contributed by atoms with van der Waals surface area (Å²) in [6.45, 7) is 6.53. The highest BCUT2D eigenvalue weighted by molar-refractivity contribution is 5.73. The van der Waals surface area contributed by atoms with Gasteiger partial charge in [-0.1, -0.05) is 12.1 Å². The van der Waals surface area contributed by atoms with Crippen LogP contribution in [0.15, 0.2) is 24.3 Å². The van der Waals surface area contributed by atoms with E-state index in [0.29, 0.717) is 17.8 Å². The van der Waals surface area contributed by atoms with Gasteiger partial charge in [0.15, 0.2) is 0 Å². The fourth-order valence-electron chi connectivity index (χ4n) is 4.52. The Morgan fingerprint density at radius 2 is 2.04 bits per heavy atom. The Morgan fingerprint density at radius 1 is 1.28 bits per heavy atom. The average molecular weight is 346 g/mol. The Bertz CT molecular complexity index is 584. The van der Waals surface area contributed by atoms with Gasteiger partial charge in [-0.25, -0.2) is 0 Å². The van der Waals surface area contributed by atoms with Crippen LogP contribution in [0.3, 0.4) is 0 Å². The molecular weight excluding hydrogens is 316 g/mol. The van der Waals surface area contributed by atoms with E-state index in [1.807, 2.05) is 17.0 Å². The van der Waals surface area contributed by atoms with Crippen LogP contribution in [0.25, 0.3) is 0 Å². The molecule has 2 aliphatic rings. The fraction of sp³-hybridized carbons (Fsp3) is 0.650. The lowest BCUT2D eigenvalue weighted by Crippen LogP contribution is -2.40. The highest BCUT2D eigenvalue weighted by Crippen LogP contribution is 2.36. The van der Waals surface area contributed by atoms with Gasteiger partial charge in [-0.05, 0) is 48.3 Å². The fourth-order valence-corrected chi connectivity index (χ4v) is 4.52. The lowest BCUT2D eigenvalue weighted by atomic mass is 9.79. The molecule has 5 heteroatoms. The van der Waals surface area contributed by atoms with Gasteiger partial charge in [0.2, 0.25) is 5.91 Å². The number of methoxy groups -OCH3 is 1. The van der Waals surface area contributed by atoms with Crippen LogP contribution < -0.4 is 4.74 Å². The summed E-state index contributed by atoms with van der Waals surface area (Å²) in [5.41, 5.74) is 1.25. The molecule has 0 radical (unpaired) electrons. The van der Waals surface area contributed by atoms with Crippen molar-refractivity contribution in [2.45, 2.75) is 26.3 Å². The summed E-state index contributed by atoms with van der Waals surface area (Å²) in [5.74, 6) is 2.57. The van der Waals surface area contributed by atoms with Gasteiger partial charge in [0.1, 0.15) is 5.75 Å². The average Bonchev–Trinajstić information content (AvgIpc) is 3.04. The summed E-state index contributed by atoms with van der Waals surface area (Å²) in [7, 11) is 1.69. The van der Waals surface area contributed by atoms with Crippen molar-refractivity contribution in [2.24, 2.45) is 17.8 Å². The van der Waals surface area contributed by atoms with Gasteiger partial charge in [-0.2, -0.15) is 0 Å². The first-order valence-electron chi connectivity index (χ1n) is 9.32. The molecule has 1 aromatic rings. The van der Waals surface area contributed by atoms with E-state index in [0.717, 1.165) is 51.3 Å². The van der Waals surface area contributed by atoms with Crippen LogP contribution in [0.5, 0.6) is 5.75 Å². The summed E-state index contributed by atoms with van der Waals surface area (Å²) in [6.07, 6.45) is 2.13. The van der Waals surface area contributed by atoms with Gasteiger partial charge in [-0.15, -0.1) is 0 Å². The molecule has 1 N–H and O–H groups in total. The lowest BCUT2D eigenvalue weighted by Gasteiger charge is -2.36. The summed E-state index contributed by atoms with van der Waals surface area (Å²) in [5, 5.41) is 9.86. The molecule has 1 aromatic carbocycles. The van der Waals surface area contributed by atoms with E-state index in [-0.39, 0.29) is 12.5 Å². The number of carbonyl (C=O) groups is 1. The van der Waals surface area contributed by atoms with Gasteiger partial charge >= 0.3 is 0 Å². The molecule has 2 fully saturated rings. The maximum absolute atomic E-state index is 11.5. The van der Waals surface area contributed by atoms with Crippen molar-refractivity contribution >= 4 is 5.91 Å². The van der Waals surface area contributed by atoms with Gasteiger partial charge in [0, 0.05) is 46.3 Å². The maximum Gasteiger partial charge on any atom is 0.219 e. The number of ether oxygens (including phenoxy) is 1. The highest BCUT2D eigenvalue weighted by Gasteiger charge is 2.38. The Labute approximate surface area is 150 Å². The Balaban J connectivity index is 1.59. The minimum absolute atomic E-state index is 0.184. The van der Waals surface area contributed by atoms with E-state index in [2.05, 4.69) is 17.0 Å². The molecule has 2 heterocycles. The zero-order chi connectivity index (χ0) is 17.8. The van der Waals surface area contributed by atoms with Crippen LogP contribution >= 0.6 is 0 Å². The number of likely N-dealkylation sites (tertiary alicyclic amines) is 2. The number of nitrogens with zero attached hydrogens (tertiary/aromatic N) is 2. The number of aliphatic hydroxyl groups excluding tert-OH is 1. The zero-order valence-electron chi connectivity index (χ0n) is 15.4. The van der Waals surface area contributed by atoms with Crippen molar-refractivity contribution in [1.29, 1.82) is 0 Å². The van der Waals surface area contributed by atoms with Crippen molar-refractivity contribution in [2.75, 3.05) is 39.9 Å². The Kier molecular flexibility index (Phi) is 5.97. The van der Waals surface area contributed by atoms with Crippen molar-refractivity contribution < 1.29 is 14.6 Å². The molecule has 0 aromatic heterocycles. The number of amides is 1. The van der Waals surface area contributed by atoms with E-state index >= 15 is 0 Å². The molecule has 5 nitrogen and oxygen atoms in total. The van der Waals surface area contributed by atoms with E-state index in [1.165, 1.54) is 5.56 Å². The van der Waals surface area contributed by atoms with Crippen molar-refractivity contribution in [3.63, 3.8) is 0 Å². The van der Waals surface area contributed by atoms with E-state index < -0.39 is 0 Å².